The maximum Gasteiger partial charge on any atom is 0.252 e. The van der Waals surface area contributed by atoms with Gasteiger partial charge in [-0.1, -0.05) is 90.5 Å². The third-order valence-electron chi connectivity index (χ3n) is 7.63. The molecule has 2 N–H and O–H groups in total. The van der Waals surface area contributed by atoms with Crippen LogP contribution in [-0.4, -0.2) is 42.2 Å². The van der Waals surface area contributed by atoms with Crippen LogP contribution in [0.1, 0.15) is 41.2 Å². The summed E-state index contributed by atoms with van der Waals surface area (Å²) in [6, 6.07) is 34.1. The molecule has 0 aromatic heterocycles. The van der Waals surface area contributed by atoms with Crippen molar-refractivity contribution in [3.63, 3.8) is 0 Å². The molecule has 6 heteroatoms. The van der Waals surface area contributed by atoms with Crippen molar-refractivity contribution in [3.8, 4) is 16.9 Å². The third kappa shape index (κ3) is 7.04. The topological polar surface area (TPSA) is 80.2 Å². The molecule has 220 valence electrons. The zero-order chi connectivity index (χ0) is 30.1. The normalized spacial score (nSPS) is 17.5. The Balaban J connectivity index is 1.43. The zero-order valence-corrected chi connectivity index (χ0v) is 24.5. The minimum Gasteiger partial charge on any atom is -0.494 e. The van der Waals surface area contributed by atoms with E-state index < -0.39 is 11.6 Å². The predicted octanol–water partition coefficient (Wildman–Crippen LogP) is 6.62. The van der Waals surface area contributed by atoms with E-state index in [2.05, 4.69) is 67.4 Å². The highest BCUT2D eigenvalue weighted by molar-refractivity contribution is 6.01. The van der Waals surface area contributed by atoms with Crippen molar-refractivity contribution in [2.75, 3.05) is 19.8 Å². The number of aliphatic imine (C=N–C) groups is 1. The third-order valence-corrected chi connectivity index (χ3v) is 7.63. The number of hydrogen-bond donors (Lipinski definition) is 2. The molecular formula is C37H38N2O4. The summed E-state index contributed by atoms with van der Waals surface area (Å²) in [5.74, 6) is 0.889. The van der Waals surface area contributed by atoms with E-state index in [0.29, 0.717) is 44.1 Å². The Hall–Kier alpha value is -4.68. The highest BCUT2D eigenvalue weighted by Crippen LogP contribution is 2.43. The van der Waals surface area contributed by atoms with E-state index in [1.807, 2.05) is 54.6 Å². The molecule has 2 atom stereocenters. The number of ether oxygens (including phenoxy) is 2. The maximum absolute atomic E-state index is 14.1. The Morgan fingerprint density at radius 2 is 1.63 bits per heavy atom. The zero-order valence-electron chi connectivity index (χ0n) is 24.5. The molecule has 4 aromatic carbocycles. The maximum atomic E-state index is 14.1. The SMILES string of the molecule is C=CC[C@@]1(C(=O)NCCc2ccc(C)cc2)N=C(c2ccc(OCCCO)cc2)O[C@@H]1c1ccc(-c2ccccc2)cc1. The fourth-order valence-electron chi connectivity index (χ4n) is 5.24. The molecule has 0 saturated heterocycles. The lowest BCUT2D eigenvalue weighted by Gasteiger charge is -2.30. The van der Waals surface area contributed by atoms with E-state index in [9.17, 15) is 4.79 Å². The molecule has 0 unspecified atom stereocenters. The van der Waals surface area contributed by atoms with Crippen molar-refractivity contribution in [1.82, 2.24) is 5.32 Å². The van der Waals surface area contributed by atoms with Crippen molar-refractivity contribution >= 4 is 11.8 Å². The minimum absolute atomic E-state index is 0.0783. The first kappa shape index (κ1) is 29.8. The summed E-state index contributed by atoms with van der Waals surface area (Å²) in [5.41, 5.74) is 4.94. The van der Waals surface area contributed by atoms with Crippen LogP contribution in [0.3, 0.4) is 0 Å². The first-order valence-electron chi connectivity index (χ1n) is 14.7. The summed E-state index contributed by atoms with van der Waals surface area (Å²) in [4.78, 5) is 19.1. The van der Waals surface area contributed by atoms with Crippen LogP contribution in [-0.2, 0) is 16.0 Å². The molecule has 0 spiro atoms. The van der Waals surface area contributed by atoms with Gasteiger partial charge in [0, 0.05) is 31.6 Å². The standard InChI is InChI=1S/C37H38N2O4/c1-3-23-37(36(41)38-24-22-28-12-10-27(2)11-13-28)34(31-16-14-30(15-17-31)29-8-5-4-6-9-29)43-35(39-37)32-18-20-33(21-19-32)42-26-7-25-40/h3-6,8-21,34,40H,1,7,22-26H2,2H3,(H,38,41)/t34-,37-/m1/s1. The summed E-state index contributed by atoms with van der Waals surface area (Å²) in [6.07, 6.45) is 2.66. The van der Waals surface area contributed by atoms with Crippen LogP contribution in [0.4, 0.5) is 0 Å². The number of nitrogens with one attached hydrogen (secondary N) is 1. The first-order valence-corrected chi connectivity index (χ1v) is 14.7. The molecular weight excluding hydrogens is 536 g/mol. The van der Waals surface area contributed by atoms with Crippen molar-refractivity contribution in [1.29, 1.82) is 0 Å². The van der Waals surface area contributed by atoms with Gasteiger partial charge in [0.25, 0.3) is 5.91 Å². The van der Waals surface area contributed by atoms with Gasteiger partial charge < -0.3 is 19.9 Å². The van der Waals surface area contributed by atoms with E-state index in [1.165, 1.54) is 5.56 Å². The molecule has 1 amide bonds. The van der Waals surface area contributed by atoms with Crippen LogP contribution in [0.2, 0.25) is 0 Å². The number of aliphatic hydroxyl groups is 1. The van der Waals surface area contributed by atoms with Crippen LogP contribution in [0, 0.1) is 6.92 Å². The van der Waals surface area contributed by atoms with Gasteiger partial charge in [0.15, 0.2) is 11.6 Å². The molecule has 1 aliphatic heterocycles. The number of aryl methyl sites for hydroxylation is 1. The van der Waals surface area contributed by atoms with Crippen LogP contribution >= 0.6 is 0 Å². The molecule has 5 rings (SSSR count). The second-order valence-corrected chi connectivity index (χ2v) is 10.8. The molecule has 1 aliphatic rings. The van der Waals surface area contributed by atoms with Crippen molar-refractivity contribution in [3.05, 3.63) is 138 Å². The Morgan fingerprint density at radius 1 is 0.953 bits per heavy atom. The lowest BCUT2D eigenvalue weighted by atomic mass is 9.84. The minimum atomic E-state index is -1.23. The number of aliphatic hydroxyl groups excluding tert-OH is 1. The van der Waals surface area contributed by atoms with Gasteiger partial charge in [0.1, 0.15) is 5.75 Å². The van der Waals surface area contributed by atoms with Crippen molar-refractivity contribution in [2.24, 2.45) is 4.99 Å². The lowest BCUT2D eigenvalue weighted by Crippen LogP contribution is -2.48. The van der Waals surface area contributed by atoms with Gasteiger partial charge in [-0.2, -0.15) is 0 Å². The highest BCUT2D eigenvalue weighted by Gasteiger charge is 2.52. The number of carbonyl (C=O) groups is 1. The van der Waals surface area contributed by atoms with Gasteiger partial charge >= 0.3 is 0 Å². The fraction of sp³-hybridized carbons (Fsp3) is 0.243. The molecule has 6 nitrogen and oxygen atoms in total. The number of carbonyl (C=O) groups excluding carboxylic acids is 1. The average Bonchev–Trinajstić information content (AvgIpc) is 3.43. The molecule has 0 fully saturated rings. The molecule has 0 bridgehead atoms. The van der Waals surface area contributed by atoms with Crippen molar-refractivity contribution < 1.29 is 19.4 Å². The Labute approximate surface area is 253 Å². The Kier molecular flexibility index (Phi) is 9.70. The quantitative estimate of drug-likeness (QED) is 0.139. The molecule has 1 heterocycles. The van der Waals surface area contributed by atoms with Crippen LogP contribution in [0.15, 0.2) is 121 Å². The van der Waals surface area contributed by atoms with E-state index in [4.69, 9.17) is 19.6 Å². The number of amides is 1. The fourth-order valence-corrected chi connectivity index (χ4v) is 5.24. The number of nitrogens with zero attached hydrogens (tertiary/aromatic N) is 1. The lowest BCUT2D eigenvalue weighted by molar-refractivity contribution is -0.128. The Morgan fingerprint density at radius 3 is 2.30 bits per heavy atom. The molecule has 43 heavy (non-hydrogen) atoms. The number of rotatable bonds is 13. The Bertz CT molecular complexity index is 1530. The van der Waals surface area contributed by atoms with Crippen LogP contribution in [0.25, 0.3) is 11.1 Å². The van der Waals surface area contributed by atoms with Crippen molar-refractivity contribution in [2.45, 2.75) is 37.8 Å². The van der Waals surface area contributed by atoms with Gasteiger partial charge in [-0.3, -0.25) is 4.79 Å². The van der Waals surface area contributed by atoms with Gasteiger partial charge in [-0.15, -0.1) is 6.58 Å². The largest absolute Gasteiger partial charge is 0.494 e. The van der Waals surface area contributed by atoms with E-state index in [1.54, 1.807) is 6.08 Å². The van der Waals surface area contributed by atoms with E-state index >= 15 is 0 Å². The monoisotopic (exact) mass is 574 g/mol. The second-order valence-electron chi connectivity index (χ2n) is 10.8. The smallest absolute Gasteiger partial charge is 0.252 e. The van der Waals surface area contributed by atoms with E-state index in [0.717, 1.165) is 27.8 Å². The first-order chi connectivity index (χ1) is 21.0. The van der Waals surface area contributed by atoms with Gasteiger partial charge in [-0.25, -0.2) is 4.99 Å². The molecule has 0 saturated carbocycles. The number of benzene rings is 4. The van der Waals surface area contributed by atoms with Gasteiger partial charge in [-0.05, 0) is 59.9 Å². The van der Waals surface area contributed by atoms with Gasteiger partial charge in [0.2, 0.25) is 5.90 Å². The average molecular weight is 575 g/mol. The second kappa shape index (κ2) is 14.0. The molecule has 0 aliphatic carbocycles. The summed E-state index contributed by atoms with van der Waals surface area (Å²) < 4.78 is 12.2. The predicted molar refractivity (Wildman–Crippen MR) is 171 cm³/mol. The van der Waals surface area contributed by atoms with Crippen LogP contribution < -0.4 is 10.1 Å². The van der Waals surface area contributed by atoms with Crippen LogP contribution in [0.5, 0.6) is 5.75 Å². The van der Waals surface area contributed by atoms with E-state index in [-0.39, 0.29) is 12.5 Å². The van der Waals surface area contributed by atoms with Gasteiger partial charge in [0.05, 0.1) is 6.61 Å². The summed E-state index contributed by atoms with van der Waals surface area (Å²) in [6.45, 7) is 7.02. The summed E-state index contributed by atoms with van der Waals surface area (Å²) >= 11 is 0. The summed E-state index contributed by atoms with van der Waals surface area (Å²) in [7, 11) is 0. The number of hydrogen-bond acceptors (Lipinski definition) is 5. The highest BCUT2D eigenvalue weighted by atomic mass is 16.5. The molecule has 0 radical (unpaired) electrons. The summed E-state index contributed by atoms with van der Waals surface area (Å²) in [5, 5.41) is 12.2. The molecule has 4 aromatic rings.